The largest absolute Gasteiger partial charge is 0.416 e. The normalized spacial score (nSPS) is 13.5. The number of rotatable bonds is 7. The second-order valence-corrected chi connectivity index (χ2v) is 5.71. The lowest BCUT2D eigenvalue weighted by molar-refractivity contribution is -0.138. The van der Waals surface area contributed by atoms with Crippen LogP contribution in [-0.2, 0) is 6.18 Å². The highest BCUT2D eigenvalue weighted by Crippen LogP contribution is 2.37. The number of unbranched alkanes of at least 4 members (excludes halogenated alkanes) is 3. The fourth-order valence-corrected chi connectivity index (χ4v) is 2.54. The van der Waals surface area contributed by atoms with Gasteiger partial charge in [-0.1, -0.05) is 54.6 Å². The maximum absolute atomic E-state index is 13.1. The van der Waals surface area contributed by atoms with Crippen LogP contribution in [0.25, 0.3) is 0 Å². The molecule has 0 aliphatic rings. The molecule has 0 spiro atoms. The van der Waals surface area contributed by atoms with Gasteiger partial charge in [0.1, 0.15) is 0 Å². The SMILES string of the molecule is CCCCCCC(NN)c1ccc(Br)cc1C(F)(F)F. The Kier molecular flexibility index (Phi) is 6.99. The number of benzene rings is 1. The van der Waals surface area contributed by atoms with Gasteiger partial charge in [-0.3, -0.25) is 11.3 Å². The summed E-state index contributed by atoms with van der Waals surface area (Å²) in [5.41, 5.74) is 2.09. The van der Waals surface area contributed by atoms with Crippen molar-refractivity contribution in [2.24, 2.45) is 5.84 Å². The van der Waals surface area contributed by atoms with Crippen LogP contribution in [0.1, 0.15) is 56.2 Å². The Bertz CT molecular complexity index is 421. The van der Waals surface area contributed by atoms with E-state index in [1.54, 1.807) is 6.07 Å². The lowest BCUT2D eigenvalue weighted by Gasteiger charge is -2.21. The van der Waals surface area contributed by atoms with Gasteiger partial charge in [-0.25, -0.2) is 0 Å². The highest BCUT2D eigenvalue weighted by Gasteiger charge is 2.35. The molecule has 0 amide bonds. The molecule has 2 nitrogen and oxygen atoms in total. The molecule has 0 aliphatic heterocycles. The second kappa shape index (κ2) is 8.00. The van der Waals surface area contributed by atoms with Crippen molar-refractivity contribution in [1.82, 2.24) is 5.43 Å². The summed E-state index contributed by atoms with van der Waals surface area (Å²) < 4.78 is 39.6. The van der Waals surface area contributed by atoms with Crippen molar-refractivity contribution in [3.05, 3.63) is 33.8 Å². The first-order valence-corrected chi connectivity index (χ1v) is 7.52. The topological polar surface area (TPSA) is 38.0 Å². The van der Waals surface area contributed by atoms with Gasteiger partial charge in [0.15, 0.2) is 0 Å². The predicted octanol–water partition coefficient (Wildman–Crippen LogP) is 4.94. The van der Waals surface area contributed by atoms with E-state index in [9.17, 15) is 13.2 Å². The standard InChI is InChI=1S/C14H20BrF3N2/c1-2-3-4-5-6-13(20-19)11-8-7-10(15)9-12(11)14(16,17)18/h7-9,13,20H,2-6,19H2,1H3. The Balaban J connectivity index is 2.91. The first-order chi connectivity index (χ1) is 9.40. The Hall–Kier alpha value is -0.590. The Morgan fingerprint density at radius 2 is 1.95 bits per heavy atom. The van der Waals surface area contributed by atoms with Crippen LogP contribution in [0.4, 0.5) is 13.2 Å². The summed E-state index contributed by atoms with van der Waals surface area (Å²) in [6.07, 6.45) is 0.262. The van der Waals surface area contributed by atoms with E-state index < -0.39 is 17.8 Å². The van der Waals surface area contributed by atoms with Gasteiger partial charge in [-0.15, -0.1) is 0 Å². The molecule has 0 aliphatic carbocycles. The summed E-state index contributed by atoms with van der Waals surface area (Å²) in [7, 11) is 0. The minimum atomic E-state index is -4.38. The van der Waals surface area contributed by atoms with Crippen molar-refractivity contribution in [3.63, 3.8) is 0 Å². The van der Waals surface area contributed by atoms with Gasteiger partial charge < -0.3 is 0 Å². The number of nitrogens with two attached hydrogens (primary N) is 1. The predicted molar refractivity (Wildman–Crippen MR) is 78.0 cm³/mol. The molecule has 0 saturated carbocycles. The van der Waals surface area contributed by atoms with Gasteiger partial charge in [0.25, 0.3) is 0 Å². The Labute approximate surface area is 126 Å². The van der Waals surface area contributed by atoms with Crippen molar-refractivity contribution in [1.29, 1.82) is 0 Å². The summed E-state index contributed by atoms with van der Waals surface area (Å²) in [4.78, 5) is 0. The zero-order valence-corrected chi connectivity index (χ0v) is 13.0. The van der Waals surface area contributed by atoms with Gasteiger partial charge in [-0.2, -0.15) is 13.2 Å². The molecule has 3 N–H and O–H groups in total. The van der Waals surface area contributed by atoms with Crippen LogP contribution in [0.15, 0.2) is 22.7 Å². The summed E-state index contributed by atoms with van der Waals surface area (Å²) in [6.45, 7) is 2.09. The molecule has 1 atom stereocenters. The first-order valence-electron chi connectivity index (χ1n) is 6.73. The molecule has 114 valence electrons. The van der Waals surface area contributed by atoms with Crippen molar-refractivity contribution >= 4 is 15.9 Å². The lowest BCUT2D eigenvalue weighted by Crippen LogP contribution is -2.29. The quantitative estimate of drug-likeness (QED) is 0.414. The lowest BCUT2D eigenvalue weighted by atomic mass is 9.96. The summed E-state index contributed by atoms with van der Waals surface area (Å²) in [5.74, 6) is 5.44. The van der Waals surface area contributed by atoms with E-state index in [4.69, 9.17) is 5.84 Å². The number of halogens is 4. The highest BCUT2D eigenvalue weighted by atomic mass is 79.9. The van der Waals surface area contributed by atoms with Crippen LogP contribution in [0, 0.1) is 0 Å². The summed E-state index contributed by atoms with van der Waals surface area (Å²) in [6, 6.07) is 3.72. The van der Waals surface area contributed by atoms with Gasteiger partial charge in [0.05, 0.1) is 5.56 Å². The molecule has 1 aromatic rings. The molecule has 0 fully saturated rings. The zero-order valence-electron chi connectivity index (χ0n) is 11.4. The van der Waals surface area contributed by atoms with Crippen LogP contribution < -0.4 is 11.3 Å². The molecule has 0 heterocycles. The monoisotopic (exact) mass is 352 g/mol. The zero-order chi connectivity index (χ0) is 15.2. The van der Waals surface area contributed by atoms with Crippen LogP contribution in [0.3, 0.4) is 0 Å². The van der Waals surface area contributed by atoms with Crippen molar-refractivity contribution in [2.75, 3.05) is 0 Å². The minimum absolute atomic E-state index is 0.208. The molecule has 20 heavy (non-hydrogen) atoms. The van der Waals surface area contributed by atoms with Crippen LogP contribution in [0.5, 0.6) is 0 Å². The van der Waals surface area contributed by atoms with Crippen LogP contribution in [0.2, 0.25) is 0 Å². The molecule has 0 bridgehead atoms. The van der Waals surface area contributed by atoms with E-state index in [0.29, 0.717) is 10.9 Å². The average molecular weight is 353 g/mol. The molecule has 0 saturated heterocycles. The van der Waals surface area contributed by atoms with Crippen LogP contribution in [-0.4, -0.2) is 0 Å². The number of nitrogens with one attached hydrogen (secondary N) is 1. The number of alkyl halides is 3. The molecular weight excluding hydrogens is 333 g/mol. The summed E-state index contributed by atoms with van der Waals surface area (Å²) >= 11 is 3.08. The molecule has 1 aromatic carbocycles. The van der Waals surface area contributed by atoms with E-state index in [2.05, 4.69) is 28.3 Å². The van der Waals surface area contributed by atoms with Crippen molar-refractivity contribution in [2.45, 2.75) is 51.2 Å². The smallest absolute Gasteiger partial charge is 0.271 e. The number of hydrogen-bond donors (Lipinski definition) is 2. The van der Waals surface area contributed by atoms with Gasteiger partial charge in [0, 0.05) is 10.5 Å². The van der Waals surface area contributed by atoms with E-state index in [-0.39, 0.29) is 5.56 Å². The van der Waals surface area contributed by atoms with Crippen LogP contribution >= 0.6 is 15.9 Å². The first kappa shape index (κ1) is 17.5. The molecule has 1 unspecified atom stereocenters. The van der Waals surface area contributed by atoms with Crippen molar-refractivity contribution in [3.8, 4) is 0 Å². The molecule has 0 radical (unpaired) electrons. The third-order valence-corrected chi connectivity index (χ3v) is 3.74. The van der Waals surface area contributed by atoms with Gasteiger partial charge >= 0.3 is 6.18 Å². The highest BCUT2D eigenvalue weighted by molar-refractivity contribution is 9.10. The molecular formula is C14H20BrF3N2. The second-order valence-electron chi connectivity index (χ2n) is 4.80. The third kappa shape index (κ3) is 5.07. The minimum Gasteiger partial charge on any atom is -0.271 e. The van der Waals surface area contributed by atoms with E-state index in [1.165, 1.54) is 6.07 Å². The fraction of sp³-hybridized carbons (Fsp3) is 0.571. The number of hydrogen-bond acceptors (Lipinski definition) is 2. The average Bonchev–Trinajstić information content (AvgIpc) is 2.38. The van der Waals surface area contributed by atoms with Crippen molar-refractivity contribution < 1.29 is 13.2 Å². The number of hydrazine groups is 1. The molecule has 0 aromatic heterocycles. The maximum atomic E-state index is 13.1. The van der Waals surface area contributed by atoms with E-state index in [1.807, 2.05) is 0 Å². The molecule has 6 heteroatoms. The third-order valence-electron chi connectivity index (χ3n) is 3.24. The van der Waals surface area contributed by atoms with E-state index >= 15 is 0 Å². The maximum Gasteiger partial charge on any atom is 0.416 e. The van der Waals surface area contributed by atoms with Gasteiger partial charge in [0.2, 0.25) is 0 Å². The van der Waals surface area contributed by atoms with E-state index in [0.717, 1.165) is 31.7 Å². The van der Waals surface area contributed by atoms with Gasteiger partial charge in [-0.05, 0) is 24.1 Å². The fourth-order valence-electron chi connectivity index (χ4n) is 2.18. The summed E-state index contributed by atoms with van der Waals surface area (Å²) in [5, 5.41) is 0. The Morgan fingerprint density at radius 1 is 1.25 bits per heavy atom. The Morgan fingerprint density at radius 3 is 2.50 bits per heavy atom. The molecule has 1 rings (SSSR count).